The van der Waals surface area contributed by atoms with E-state index in [0.29, 0.717) is 51.4 Å². The fourth-order valence-corrected chi connectivity index (χ4v) is 6.86. The Kier molecular flexibility index (Phi) is 6.14. The van der Waals surface area contributed by atoms with E-state index in [-0.39, 0.29) is 16.6 Å². The lowest BCUT2D eigenvalue weighted by atomic mass is 9.90. The summed E-state index contributed by atoms with van der Waals surface area (Å²) in [5, 5.41) is 0.760. The molecule has 8 heteroatoms. The zero-order valence-corrected chi connectivity index (χ0v) is 19.6. The smallest absolute Gasteiger partial charge is 0.223 e. The highest BCUT2D eigenvalue weighted by molar-refractivity contribution is 7.89. The summed E-state index contributed by atoms with van der Waals surface area (Å²) in [6.45, 7) is 8.36. The fourth-order valence-electron chi connectivity index (χ4n) is 4.92. The van der Waals surface area contributed by atoms with Crippen LogP contribution < -0.4 is 0 Å². The third kappa shape index (κ3) is 4.80. The maximum absolute atomic E-state index is 13.3. The number of hydrogen-bond donors (Lipinski definition) is 1. The molecule has 0 bridgehead atoms. The van der Waals surface area contributed by atoms with Crippen LogP contribution in [0.25, 0.3) is 11.0 Å². The van der Waals surface area contributed by atoms with Gasteiger partial charge >= 0.3 is 0 Å². The first-order valence-electron chi connectivity index (χ1n) is 11.3. The van der Waals surface area contributed by atoms with E-state index in [1.54, 1.807) is 10.5 Å². The summed E-state index contributed by atoms with van der Waals surface area (Å²) < 4.78 is 28.2. The van der Waals surface area contributed by atoms with Crippen molar-refractivity contribution in [2.24, 2.45) is 5.41 Å². The number of carbonyl (C=O) groups is 1. The molecule has 170 valence electrons. The van der Waals surface area contributed by atoms with E-state index in [4.69, 9.17) is 0 Å². The molecule has 2 aromatic heterocycles. The summed E-state index contributed by atoms with van der Waals surface area (Å²) in [5.74, 6) is 0.485. The van der Waals surface area contributed by atoms with E-state index in [0.717, 1.165) is 23.9 Å². The van der Waals surface area contributed by atoms with Gasteiger partial charge in [-0.2, -0.15) is 0 Å². The van der Waals surface area contributed by atoms with Crippen molar-refractivity contribution in [3.8, 4) is 0 Å². The topological polar surface area (TPSA) is 86.4 Å². The quantitative estimate of drug-likeness (QED) is 0.779. The molecule has 4 rings (SSSR count). The maximum Gasteiger partial charge on any atom is 0.223 e. The van der Waals surface area contributed by atoms with Crippen LogP contribution >= 0.6 is 0 Å². The molecule has 0 spiro atoms. The number of likely N-dealkylation sites (tertiary alicyclic amines) is 1. The highest BCUT2D eigenvalue weighted by Crippen LogP contribution is 2.34. The Balaban J connectivity index is 1.34. The van der Waals surface area contributed by atoms with E-state index >= 15 is 0 Å². The zero-order valence-electron chi connectivity index (χ0n) is 18.8. The van der Waals surface area contributed by atoms with E-state index in [1.807, 2.05) is 17.2 Å². The van der Waals surface area contributed by atoms with Gasteiger partial charge in [-0.15, -0.1) is 0 Å². The van der Waals surface area contributed by atoms with Crippen molar-refractivity contribution in [2.45, 2.75) is 64.0 Å². The standard InChI is InChI=1S/C23H34N4O3S/c1-23(2,3)15-21(28)26-11-8-18(9-12-26)31(29,30)27-13-6-17(7-14-27)20-16-25-22-19(20)5-4-10-24-22/h4-5,10,16-18H,6-9,11-15H2,1-3H3,(H,24,25). The van der Waals surface area contributed by atoms with E-state index in [9.17, 15) is 13.2 Å². The van der Waals surface area contributed by atoms with Crippen LogP contribution in [-0.2, 0) is 14.8 Å². The second-order valence-electron chi connectivity index (χ2n) is 10.2. The summed E-state index contributed by atoms with van der Waals surface area (Å²) in [7, 11) is -3.33. The number of H-pyrrole nitrogens is 1. The van der Waals surface area contributed by atoms with E-state index in [2.05, 4.69) is 36.8 Å². The molecular weight excluding hydrogens is 412 g/mol. The normalized spacial score (nSPS) is 20.4. The molecule has 0 aromatic carbocycles. The van der Waals surface area contributed by atoms with Gasteiger partial charge < -0.3 is 9.88 Å². The number of hydrogen-bond acceptors (Lipinski definition) is 4. The second kappa shape index (κ2) is 8.54. The molecule has 2 saturated heterocycles. The van der Waals surface area contributed by atoms with Crippen molar-refractivity contribution in [3.05, 3.63) is 30.1 Å². The number of fused-ring (bicyclic) bond motifs is 1. The van der Waals surface area contributed by atoms with Gasteiger partial charge in [-0.1, -0.05) is 20.8 Å². The molecular formula is C23H34N4O3S. The average molecular weight is 447 g/mol. The number of carbonyl (C=O) groups excluding carboxylic acids is 1. The van der Waals surface area contributed by atoms with Crippen LogP contribution in [-0.4, -0.2) is 64.9 Å². The molecule has 0 unspecified atom stereocenters. The molecule has 2 aliphatic rings. The van der Waals surface area contributed by atoms with Gasteiger partial charge in [-0.05, 0) is 54.7 Å². The molecule has 2 aliphatic heterocycles. The summed E-state index contributed by atoms with van der Waals surface area (Å²) in [5.41, 5.74) is 2.08. The molecule has 0 saturated carbocycles. The number of sulfonamides is 1. The number of nitrogens with zero attached hydrogens (tertiary/aromatic N) is 3. The third-order valence-corrected chi connectivity index (χ3v) is 9.03. The second-order valence-corrected chi connectivity index (χ2v) is 12.4. The Bertz CT molecular complexity index is 1020. The van der Waals surface area contributed by atoms with Gasteiger partial charge in [-0.25, -0.2) is 17.7 Å². The fraction of sp³-hybridized carbons (Fsp3) is 0.652. The van der Waals surface area contributed by atoms with Crippen LogP contribution in [0, 0.1) is 5.41 Å². The van der Waals surface area contributed by atoms with Gasteiger partial charge in [0.25, 0.3) is 0 Å². The highest BCUT2D eigenvalue weighted by Gasteiger charge is 2.38. The summed E-state index contributed by atoms with van der Waals surface area (Å²) in [4.78, 5) is 21.9. The first-order valence-corrected chi connectivity index (χ1v) is 12.8. The number of piperidine rings is 2. The number of rotatable bonds is 4. The predicted octanol–water partition coefficient (Wildman–Crippen LogP) is 3.50. The van der Waals surface area contributed by atoms with Gasteiger partial charge in [0, 0.05) is 50.4 Å². The van der Waals surface area contributed by atoms with E-state index in [1.165, 1.54) is 5.56 Å². The zero-order chi connectivity index (χ0) is 22.2. The first-order chi connectivity index (χ1) is 14.6. The van der Waals surface area contributed by atoms with Crippen molar-refractivity contribution < 1.29 is 13.2 Å². The van der Waals surface area contributed by atoms with Gasteiger partial charge in [-0.3, -0.25) is 4.79 Å². The lowest BCUT2D eigenvalue weighted by Gasteiger charge is -2.37. The van der Waals surface area contributed by atoms with Crippen molar-refractivity contribution in [3.63, 3.8) is 0 Å². The molecule has 1 amide bonds. The SMILES string of the molecule is CC(C)(C)CC(=O)N1CCC(S(=O)(=O)N2CCC(c3c[nH]c4ncccc34)CC2)CC1. The summed E-state index contributed by atoms with van der Waals surface area (Å²) >= 11 is 0. The van der Waals surface area contributed by atoms with Crippen molar-refractivity contribution in [1.29, 1.82) is 0 Å². The summed E-state index contributed by atoms with van der Waals surface area (Å²) in [6, 6.07) is 4.02. The van der Waals surface area contributed by atoms with Crippen LogP contribution in [0.3, 0.4) is 0 Å². The molecule has 0 aliphatic carbocycles. The average Bonchev–Trinajstić information content (AvgIpc) is 3.17. The maximum atomic E-state index is 13.3. The van der Waals surface area contributed by atoms with Gasteiger partial charge in [0.2, 0.25) is 15.9 Å². The highest BCUT2D eigenvalue weighted by atomic mass is 32.2. The molecule has 0 atom stereocenters. The van der Waals surface area contributed by atoms with Crippen molar-refractivity contribution in [1.82, 2.24) is 19.2 Å². The predicted molar refractivity (Wildman–Crippen MR) is 122 cm³/mol. The van der Waals surface area contributed by atoms with Gasteiger partial charge in [0.05, 0.1) is 5.25 Å². The lowest BCUT2D eigenvalue weighted by Crippen LogP contribution is -2.48. The Hall–Kier alpha value is -1.93. The molecule has 4 heterocycles. The molecule has 31 heavy (non-hydrogen) atoms. The van der Waals surface area contributed by atoms with Crippen LogP contribution in [0.4, 0.5) is 0 Å². The Morgan fingerprint density at radius 2 is 1.81 bits per heavy atom. The number of aromatic nitrogens is 2. The minimum atomic E-state index is -3.33. The van der Waals surface area contributed by atoms with Crippen LogP contribution in [0.15, 0.2) is 24.5 Å². The minimum absolute atomic E-state index is 0.0504. The monoisotopic (exact) mass is 446 g/mol. The number of pyridine rings is 1. The molecule has 2 fully saturated rings. The summed E-state index contributed by atoms with van der Waals surface area (Å²) in [6.07, 6.45) is 7.02. The van der Waals surface area contributed by atoms with Gasteiger partial charge in [0.1, 0.15) is 5.65 Å². The third-order valence-electron chi connectivity index (χ3n) is 6.63. The molecule has 0 radical (unpaired) electrons. The Morgan fingerprint density at radius 1 is 1.13 bits per heavy atom. The van der Waals surface area contributed by atoms with Crippen LogP contribution in [0.2, 0.25) is 0 Å². The first kappa shape index (κ1) is 22.3. The van der Waals surface area contributed by atoms with Crippen molar-refractivity contribution in [2.75, 3.05) is 26.2 Å². The van der Waals surface area contributed by atoms with Crippen molar-refractivity contribution >= 4 is 27.0 Å². The van der Waals surface area contributed by atoms with E-state index < -0.39 is 10.0 Å². The lowest BCUT2D eigenvalue weighted by molar-refractivity contribution is -0.133. The molecule has 1 N–H and O–H groups in total. The Morgan fingerprint density at radius 3 is 2.45 bits per heavy atom. The largest absolute Gasteiger partial charge is 0.346 e. The minimum Gasteiger partial charge on any atom is -0.346 e. The van der Waals surface area contributed by atoms with Gasteiger partial charge in [0.15, 0.2) is 0 Å². The Labute approximate surface area is 185 Å². The van der Waals surface area contributed by atoms with Crippen LogP contribution in [0.5, 0.6) is 0 Å². The molecule has 7 nitrogen and oxygen atoms in total. The number of amides is 1. The molecule has 2 aromatic rings. The van der Waals surface area contributed by atoms with Crippen LogP contribution in [0.1, 0.15) is 64.4 Å². The number of nitrogens with one attached hydrogen (secondary N) is 1. The number of aromatic amines is 1.